The van der Waals surface area contributed by atoms with E-state index in [0.717, 1.165) is 48.3 Å². The van der Waals surface area contributed by atoms with E-state index >= 15 is 0 Å². The number of unbranched alkanes of at least 4 members (excludes halogenated alkanes) is 1. The average molecular weight is 441 g/mol. The lowest BCUT2D eigenvalue weighted by Gasteiger charge is -2.14. The Morgan fingerprint density at radius 2 is 1.97 bits per heavy atom. The molecule has 2 aromatic heterocycles. The number of nitrogens with zero attached hydrogens (tertiary/aromatic N) is 3. The van der Waals surface area contributed by atoms with E-state index in [1.165, 1.54) is 12.3 Å². The van der Waals surface area contributed by atoms with Gasteiger partial charge in [-0.05, 0) is 43.5 Å². The molecule has 2 N–H and O–H groups in total. The van der Waals surface area contributed by atoms with Crippen molar-refractivity contribution in [2.45, 2.75) is 45.7 Å². The van der Waals surface area contributed by atoms with Crippen LogP contribution in [0.2, 0.25) is 0 Å². The molecule has 166 valence electrons. The van der Waals surface area contributed by atoms with Crippen LogP contribution < -0.4 is 10.6 Å². The van der Waals surface area contributed by atoms with Crippen molar-refractivity contribution < 1.29 is 18.0 Å². The number of carbonyl (C=O) groups excluding carboxylic acids is 1. The quantitative estimate of drug-likeness (QED) is 0.551. The van der Waals surface area contributed by atoms with E-state index in [1.807, 2.05) is 19.2 Å². The van der Waals surface area contributed by atoms with Crippen molar-refractivity contribution in [3.63, 3.8) is 0 Å². The van der Waals surface area contributed by atoms with Crippen LogP contribution in [-0.4, -0.2) is 20.9 Å². The van der Waals surface area contributed by atoms with Crippen LogP contribution in [0.4, 0.5) is 30.5 Å². The van der Waals surface area contributed by atoms with Gasteiger partial charge in [-0.2, -0.15) is 13.2 Å². The summed E-state index contributed by atoms with van der Waals surface area (Å²) in [4.78, 5) is 25.5. The fraction of sp³-hybridized carbons (Fsp3) is 0.304. The number of pyridine rings is 1. The number of rotatable bonds is 5. The van der Waals surface area contributed by atoms with Crippen LogP contribution in [0, 0.1) is 6.92 Å². The number of nitrogens with one attached hydrogen (secondary N) is 2. The van der Waals surface area contributed by atoms with Crippen molar-refractivity contribution >= 4 is 23.2 Å². The van der Waals surface area contributed by atoms with Gasteiger partial charge in [-0.3, -0.25) is 9.78 Å². The number of hydrogen-bond acceptors (Lipinski definition) is 5. The molecule has 6 nitrogen and oxygen atoms in total. The first-order chi connectivity index (χ1) is 15.2. The van der Waals surface area contributed by atoms with E-state index < -0.39 is 17.6 Å². The molecule has 0 atom stereocenters. The molecule has 0 spiro atoms. The molecule has 1 amide bonds. The van der Waals surface area contributed by atoms with Crippen LogP contribution in [0.3, 0.4) is 0 Å². The zero-order valence-electron chi connectivity index (χ0n) is 17.7. The predicted molar refractivity (Wildman–Crippen MR) is 116 cm³/mol. The minimum absolute atomic E-state index is 0.0290. The Labute approximate surface area is 183 Å². The molecule has 0 saturated carbocycles. The van der Waals surface area contributed by atoms with Gasteiger partial charge in [-0.25, -0.2) is 9.97 Å². The normalized spacial score (nSPS) is 13.1. The molecule has 0 unspecified atom stereocenters. The molecule has 3 heterocycles. The van der Waals surface area contributed by atoms with Crippen LogP contribution in [0.25, 0.3) is 11.3 Å². The number of halogens is 3. The lowest BCUT2D eigenvalue weighted by molar-refractivity contribution is -0.137. The molecule has 32 heavy (non-hydrogen) atoms. The van der Waals surface area contributed by atoms with Gasteiger partial charge in [0.25, 0.3) is 0 Å². The van der Waals surface area contributed by atoms with Crippen molar-refractivity contribution in [3.8, 4) is 11.3 Å². The van der Waals surface area contributed by atoms with Crippen LogP contribution in [-0.2, 0) is 23.8 Å². The number of hydrogen-bond donors (Lipinski definition) is 2. The Balaban J connectivity index is 1.72. The van der Waals surface area contributed by atoms with Gasteiger partial charge in [0.05, 0.1) is 34.7 Å². The molecular weight excluding hydrogens is 419 g/mol. The molecule has 0 fully saturated rings. The second-order valence-corrected chi connectivity index (χ2v) is 7.76. The zero-order chi connectivity index (χ0) is 22.9. The first-order valence-electron chi connectivity index (χ1n) is 10.3. The summed E-state index contributed by atoms with van der Waals surface area (Å²) in [5.74, 6) is -0.140. The Morgan fingerprint density at radius 1 is 1.16 bits per heavy atom. The van der Waals surface area contributed by atoms with E-state index in [0.29, 0.717) is 16.8 Å². The SMILES string of the molecule is CCCCc1cnc(C)c(Nc2ncc3c(n2)-c2ccc(C(F)(F)F)cc2NC(=O)C3)c1. The second-order valence-electron chi connectivity index (χ2n) is 7.76. The molecule has 9 heteroatoms. The van der Waals surface area contributed by atoms with Gasteiger partial charge < -0.3 is 10.6 Å². The monoisotopic (exact) mass is 441 g/mol. The van der Waals surface area contributed by atoms with Crippen LogP contribution in [0.1, 0.15) is 42.1 Å². The lowest BCUT2D eigenvalue weighted by Crippen LogP contribution is -2.13. The van der Waals surface area contributed by atoms with Crippen molar-refractivity contribution in [1.82, 2.24) is 15.0 Å². The minimum Gasteiger partial charge on any atom is -0.325 e. The molecule has 1 aliphatic rings. The summed E-state index contributed by atoms with van der Waals surface area (Å²) in [6, 6.07) is 5.25. The van der Waals surface area contributed by atoms with Gasteiger partial charge in [0.1, 0.15) is 0 Å². The zero-order valence-corrected chi connectivity index (χ0v) is 17.7. The number of aryl methyl sites for hydroxylation is 2. The second kappa shape index (κ2) is 8.57. The Hall–Kier alpha value is -3.49. The minimum atomic E-state index is -4.51. The third kappa shape index (κ3) is 4.56. The highest BCUT2D eigenvalue weighted by Crippen LogP contribution is 2.38. The Morgan fingerprint density at radius 3 is 2.72 bits per heavy atom. The van der Waals surface area contributed by atoms with Crippen molar-refractivity contribution in [1.29, 1.82) is 0 Å². The fourth-order valence-electron chi connectivity index (χ4n) is 3.57. The first kappa shape index (κ1) is 21.7. The maximum atomic E-state index is 13.2. The highest BCUT2D eigenvalue weighted by atomic mass is 19.4. The number of anilines is 3. The largest absolute Gasteiger partial charge is 0.416 e. The molecule has 0 radical (unpaired) electrons. The van der Waals surface area contributed by atoms with Gasteiger partial charge >= 0.3 is 6.18 Å². The highest BCUT2D eigenvalue weighted by Gasteiger charge is 2.32. The number of benzene rings is 1. The predicted octanol–water partition coefficient (Wildman–Crippen LogP) is 5.45. The third-order valence-electron chi connectivity index (χ3n) is 5.30. The van der Waals surface area contributed by atoms with Crippen molar-refractivity contribution in [2.75, 3.05) is 10.6 Å². The van der Waals surface area contributed by atoms with Gasteiger partial charge in [-0.15, -0.1) is 0 Å². The number of aromatic nitrogens is 3. The Bertz CT molecular complexity index is 1180. The van der Waals surface area contributed by atoms with E-state index in [4.69, 9.17) is 0 Å². The molecular formula is C23H22F3N5O. The standard InChI is InChI=1S/C23H22F3N5O/c1-3-4-5-14-8-18(13(2)27-11-14)30-22-28-12-15-9-20(32)29-19-10-16(23(24,25)26)6-7-17(19)21(15)31-22/h6-8,10-12H,3-5,9H2,1-2H3,(H,29,32)(H,28,30,31). The summed E-state index contributed by atoms with van der Waals surface area (Å²) in [6.07, 6.45) is 1.87. The van der Waals surface area contributed by atoms with Gasteiger partial charge in [-0.1, -0.05) is 19.4 Å². The molecule has 1 aliphatic heterocycles. The van der Waals surface area contributed by atoms with Gasteiger partial charge in [0, 0.05) is 23.5 Å². The van der Waals surface area contributed by atoms with E-state index in [1.54, 1.807) is 0 Å². The molecule has 1 aromatic carbocycles. The summed E-state index contributed by atoms with van der Waals surface area (Å²) in [5.41, 5.74) is 3.23. The van der Waals surface area contributed by atoms with Crippen LogP contribution in [0.5, 0.6) is 0 Å². The van der Waals surface area contributed by atoms with Crippen LogP contribution >= 0.6 is 0 Å². The van der Waals surface area contributed by atoms with E-state index in [2.05, 4.69) is 32.5 Å². The van der Waals surface area contributed by atoms with Crippen LogP contribution in [0.15, 0.2) is 36.7 Å². The maximum absolute atomic E-state index is 13.2. The highest BCUT2D eigenvalue weighted by molar-refractivity contribution is 6.00. The summed E-state index contributed by atoms with van der Waals surface area (Å²) in [5, 5.41) is 5.72. The summed E-state index contributed by atoms with van der Waals surface area (Å²) >= 11 is 0. The summed E-state index contributed by atoms with van der Waals surface area (Å²) < 4.78 is 39.5. The number of carbonyl (C=O) groups is 1. The molecule has 4 rings (SSSR count). The Kier molecular flexibility index (Phi) is 5.82. The number of alkyl halides is 3. The summed E-state index contributed by atoms with van der Waals surface area (Å²) in [6.45, 7) is 3.99. The topological polar surface area (TPSA) is 79.8 Å². The fourth-order valence-corrected chi connectivity index (χ4v) is 3.57. The number of amides is 1. The maximum Gasteiger partial charge on any atom is 0.416 e. The number of fused-ring (bicyclic) bond motifs is 3. The van der Waals surface area contributed by atoms with Gasteiger partial charge in [0.15, 0.2) is 0 Å². The smallest absolute Gasteiger partial charge is 0.325 e. The lowest BCUT2D eigenvalue weighted by atomic mass is 10.0. The van der Waals surface area contributed by atoms with Crippen molar-refractivity contribution in [2.24, 2.45) is 0 Å². The summed E-state index contributed by atoms with van der Waals surface area (Å²) in [7, 11) is 0. The first-order valence-corrected chi connectivity index (χ1v) is 10.3. The van der Waals surface area contributed by atoms with E-state index in [9.17, 15) is 18.0 Å². The van der Waals surface area contributed by atoms with Gasteiger partial charge in [0.2, 0.25) is 11.9 Å². The van der Waals surface area contributed by atoms with E-state index in [-0.39, 0.29) is 18.1 Å². The van der Waals surface area contributed by atoms with Crippen molar-refractivity contribution in [3.05, 3.63) is 59.0 Å². The molecule has 0 saturated heterocycles. The molecule has 0 aliphatic carbocycles. The molecule has 3 aromatic rings. The third-order valence-corrected chi connectivity index (χ3v) is 5.30. The average Bonchev–Trinajstić information content (AvgIpc) is 2.88. The molecule has 0 bridgehead atoms.